The standard InChI is InChI=1S/C20H24N4O3/c1-14-11-18(22-16-7-10-27-20(13-16)8-2-3-9-20)23-19(21-14)15-5-4-6-17(12-15)24(25)26/h4-6,11-12,16H,2-3,7-10,13H2,1H3,(H,21,22,23). The van der Waals surface area contributed by atoms with Gasteiger partial charge in [-0.05, 0) is 32.6 Å². The number of nitrogens with zero attached hydrogens (tertiary/aromatic N) is 3. The van der Waals surface area contributed by atoms with Crippen LogP contribution in [0.2, 0.25) is 0 Å². The predicted molar refractivity (Wildman–Crippen MR) is 103 cm³/mol. The molecule has 1 saturated carbocycles. The number of benzene rings is 1. The summed E-state index contributed by atoms with van der Waals surface area (Å²) in [6, 6.07) is 8.70. The minimum Gasteiger partial charge on any atom is -0.375 e. The zero-order valence-electron chi connectivity index (χ0n) is 15.5. The van der Waals surface area contributed by atoms with Gasteiger partial charge in [-0.1, -0.05) is 25.0 Å². The first-order valence-corrected chi connectivity index (χ1v) is 9.54. The number of hydrogen-bond donors (Lipinski definition) is 1. The number of aromatic nitrogens is 2. The highest BCUT2D eigenvalue weighted by Gasteiger charge is 2.39. The Morgan fingerprint density at radius 1 is 1.26 bits per heavy atom. The van der Waals surface area contributed by atoms with Crippen LogP contribution in [-0.2, 0) is 4.74 Å². The second kappa shape index (κ2) is 7.23. The van der Waals surface area contributed by atoms with Crippen molar-refractivity contribution in [1.29, 1.82) is 0 Å². The molecular formula is C20H24N4O3. The highest BCUT2D eigenvalue weighted by Crippen LogP contribution is 2.40. The Balaban J connectivity index is 1.56. The molecule has 7 heteroatoms. The van der Waals surface area contributed by atoms with Crippen LogP contribution in [0.3, 0.4) is 0 Å². The summed E-state index contributed by atoms with van der Waals surface area (Å²) in [6.45, 7) is 2.69. The van der Waals surface area contributed by atoms with Gasteiger partial charge >= 0.3 is 0 Å². The zero-order valence-corrected chi connectivity index (χ0v) is 15.5. The SMILES string of the molecule is Cc1cc(NC2CCOC3(CCCC3)C2)nc(-c2cccc([N+](=O)[O-])c2)n1. The molecule has 1 spiro atoms. The van der Waals surface area contributed by atoms with Gasteiger partial charge in [0.25, 0.3) is 5.69 Å². The lowest BCUT2D eigenvalue weighted by atomic mass is 9.89. The van der Waals surface area contributed by atoms with Gasteiger partial charge in [0.05, 0.1) is 10.5 Å². The number of hydrogen-bond acceptors (Lipinski definition) is 6. The molecule has 0 radical (unpaired) electrons. The number of nitro benzene ring substituents is 1. The Kier molecular flexibility index (Phi) is 4.78. The van der Waals surface area contributed by atoms with Gasteiger partial charge in [-0.3, -0.25) is 10.1 Å². The molecule has 27 heavy (non-hydrogen) atoms. The van der Waals surface area contributed by atoms with Gasteiger partial charge < -0.3 is 10.1 Å². The average molecular weight is 368 g/mol. The highest BCUT2D eigenvalue weighted by atomic mass is 16.6. The van der Waals surface area contributed by atoms with Crippen LogP contribution in [0.1, 0.15) is 44.2 Å². The number of aryl methyl sites for hydroxylation is 1. The molecule has 2 fully saturated rings. The Labute approximate surface area is 158 Å². The van der Waals surface area contributed by atoms with Gasteiger partial charge in [-0.15, -0.1) is 0 Å². The largest absolute Gasteiger partial charge is 0.375 e. The zero-order chi connectivity index (χ0) is 18.9. The van der Waals surface area contributed by atoms with E-state index in [1.54, 1.807) is 12.1 Å². The van der Waals surface area contributed by atoms with Gasteiger partial charge in [-0.2, -0.15) is 0 Å². The monoisotopic (exact) mass is 368 g/mol. The molecule has 1 aromatic carbocycles. The quantitative estimate of drug-likeness (QED) is 0.640. The first-order chi connectivity index (χ1) is 13.0. The summed E-state index contributed by atoms with van der Waals surface area (Å²) >= 11 is 0. The smallest absolute Gasteiger partial charge is 0.270 e. The molecular weight excluding hydrogens is 344 g/mol. The van der Waals surface area contributed by atoms with Crippen molar-refractivity contribution in [2.24, 2.45) is 0 Å². The predicted octanol–water partition coefficient (Wildman–Crippen LogP) is 4.26. The topological polar surface area (TPSA) is 90.2 Å². The van der Waals surface area contributed by atoms with Crippen molar-refractivity contribution in [2.45, 2.75) is 57.1 Å². The summed E-state index contributed by atoms with van der Waals surface area (Å²) in [4.78, 5) is 19.7. The lowest BCUT2D eigenvalue weighted by Gasteiger charge is -2.38. The maximum absolute atomic E-state index is 11.0. The Bertz CT molecular complexity index is 849. The summed E-state index contributed by atoms with van der Waals surface area (Å²) in [5.41, 5.74) is 1.56. The molecule has 1 unspecified atom stereocenters. The van der Waals surface area contributed by atoms with Crippen LogP contribution in [0.25, 0.3) is 11.4 Å². The van der Waals surface area contributed by atoms with E-state index >= 15 is 0 Å². The number of rotatable bonds is 4. The molecule has 2 heterocycles. The van der Waals surface area contributed by atoms with Gasteiger partial charge in [0.2, 0.25) is 0 Å². The van der Waals surface area contributed by atoms with E-state index in [1.807, 2.05) is 13.0 Å². The number of non-ortho nitro benzene ring substituents is 1. The molecule has 7 nitrogen and oxygen atoms in total. The van der Waals surface area contributed by atoms with Crippen molar-refractivity contribution in [3.05, 3.63) is 46.1 Å². The minimum atomic E-state index is -0.401. The van der Waals surface area contributed by atoms with Crippen molar-refractivity contribution in [1.82, 2.24) is 9.97 Å². The summed E-state index contributed by atoms with van der Waals surface area (Å²) < 4.78 is 6.11. The normalized spacial score (nSPS) is 21.3. The van der Waals surface area contributed by atoms with Gasteiger partial charge in [-0.25, -0.2) is 9.97 Å². The highest BCUT2D eigenvalue weighted by molar-refractivity contribution is 5.61. The molecule has 4 rings (SSSR count). The first-order valence-electron chi connectivity index (χ1n) is 9.54. The van der Waals surface area contributed by atoms with Crippen LogP contribution in [0.4, 0.5) is 11.5 Å². The van der Waals surface area contributed by atoms with E-state index in [4.69, 9.17) is 4.74 Å². The summed E-state index contributed by atoms with van der Waals surface area (Å²) in [7, 11) is 0. The maximum atomic E-state index is 11.0. The fraction of sp³-hybridized carbons (Fsp3) is 0.500. The molecule has 1 aliphatic carbocycles. The third-order valence-electron chi connectivity index (χ3n) is 5.53. The van der Waals surface area contributed by atoms with Crippen LogP contribution < -0.4 is 5.32 Å². The minimum absolute atomic E-state index is 0.0414. The summed E-state index contributed by atoms with van der Waals surface area (Å²) in [5, 5.41) is 14.6. The summed E-state index contributed by atoms with van der Waals surface area (Å²) in [6.07, 6.45) is 6.74. The molecule has 2 aromatic rings. The molecule has 1 aliphatic heterocycles. The van der Waals surface area contributed by atoms with E-state index in [-0.39, 0.29) is 11.3 Å². The molecule has 1 atom stereocenters. The van der Waals surface area contributed by atoms with Crippen molar-refractivity contribution >= 4 is 11.5 Å². The van der Waals surface area contributed by atoms with Crippen LogP contribution in [0.5, 0.6) is 0 Å². The molecule has 1 saturated heterocycles. The van der Waals surface area contributed by atoms with Gasteiger partial charge in [0, 0.05) is 42.1 Å². The van der Waals surface area contributed by atoms with Crippen LogP contribution >= 0.6 is 0 Å². The molecule has 1 aromatic heterocycles. The molecule has 0 amide bonds. The molecule has 2 aliphatic rings. The summed E-state index contributed by atoms with van der Waals surface area (Å²) in [5.74, 6) is 1.27. The fourth-order valence-corrected chi connectivity index (χ4v) is 4.26. The maximum Gasteiger partial charge on any atom is 0.270 e. The van der Waals surface area contributed by atoms with Crippen molar-refractivity contribution in [2.75, 3.05) is 11.9 Å². The fourth-order valence-electron chi connectivity index (χ4n) is 4.26. The first kappa shape index (κ1) is 17.9. The van der Waals surface area contributed by atoms with Crippen LogP contribution in [0, 0.1) is 17.0 Å². The van der Waals surface area contributed by atoms with Crippen molar-refractivity contribution in [3.8, 4) is 11.4 Å². The van der Waals surface area contributed by atoms with Crippen LogP contribution in [-0.4, -0.2) is 33.1 Å². The second-order valence-electron chi connectivity index (χ2n) is 7.60. The molecule has 1 N–H and O–H groups in total. The third kappa shape index (κ3) is 3.93. The number of ether oxygens (including phenoxy) is 1. The third-order valence-corrected chi connectivity index (χ3v) is 5.53. The number of anilines is 1. The van der Waals surface area contributed by atoms with E-state index in [2.05, 4.69) is 15.3 Å². The van der Waals surface area contributed by atoms with Crippen molar-refractivity contribution in [3.63, 3.8) is 0 Å². The second-order valence-corrected chi connectivity index (χ2v) is 7.60. The Morgan fingerprint density at radius 3 is 2.85 bits per heavy atom. The lowest BCUT2D eigenvalue weighted by Crippen LogP contribution is -2.42. The van der Waals surface area contributed by atoms with E-state index < -0.39 is 4.92 Å². The van der Waals surface area contributed by atoms with E-state index in [1.165, 1.54) is 25.0 Å². The van der Waals surface area contributed by atoms with Gasteiger partial charge in [0.15, 0.2) is 5.82 Å². The van der Waals surface area contributed by atoms with Crippen LogP contribution in [0.15, 0.2) is 30.3 Å². The van der Waals surface area contributed by atoms with Gasteiger partial charge in [0.1, 0.15) is 5.82 Å². The molecule has 142 valence electrons. The lowest BCUT2D eigenvalue weighted by molar-refractivity contribution is -0.384. The van der Waals surface area contributed by atoms with E-state index in [0.717, 1.165) is 43.8 Å². The Morgan fingerprint density at radius 2 is 2.07 bits per heavy atom. The van der Waals surface area contributed by atoms with Crippen molar-refractivity contribution < 1.29 is 9.66 Å². The average Bonchev–Trinajstić information content (AvgIpc) is 3.09. The number of nitro groups is 1. The number of nitrogens with one attached hydrogen (secondary N) is 1. The van der Waals surface area contributed by atoms with E-state index in [0.29, 0.717) is 17.4 Å². The molecule has 0 bridgehead atoms. The Hall–Kier alpha value is -2.54. The van der Waals surface area contributed by atoms with E-state index in [9.17, 15) is 10.1 Å².